The quantitative estimate of drug-likeness (QED) is 0.933. The van der Waals surface area contributed by atoms with Crippen molar-refractivity contribution in [2.45, 2.75) is 26.6 Å². The average molecular weight is 341 g/mol. The highest BCUT2D eigenvalue weighted by Gasteiger charge is 2.16. The molecule has 0 saturated carbocycles. The van der Waals surface area contributed by atoms with Crippen molar-refractivity contribution in [3.63, 3.8) is 0 Å². The van der Waals surface area contributed by atoms with E-state index in [4.69, 9.17) is 4.74 Å². The summed E-state index contributed by atoms with van der Waals surface area (Å²) >= 11 is 3.31. The number of rotatable bonds is 3. The lowest BCUT2D eigenvalue weighted by molar-refractivity contribution is 0.0807. The van der Waals surface area contributed by atoms with Gasteiger partial charge in [-0.2, -0.15) is 0 Å². The van der Waals surface area contributed by atoms with Crippen molar-refractivity contribution in [2.75, 3.05) is 11.9 Å². The largest absolute Gasteiger partial charge is 0.375 e. The van der Waals surface area contributed by atoms with Gasteiger partial charge in [0.2, 0.25) is 0 Å². The summed E-state index contributed by atoms with van der Waals surface area (Å²) in [6.45, 7) is 4.05. The number of aromatic nitrogens is 3. The lowest BCUT2D eigenvalue weighted by atomic mass is 10.2. The maximum atomic E-state index is 14.1. The number of nitrogens with zero attached hydrogens (tertiary/aromatic N) is 3. The average Bonchev–Trinajstić information content (AvgIpc) is 2.87. The van der Waals surface area contributed by atoms with Crippen LogP contribution in [0.2, 0.25) is 0 Å². The maximum absolute atomic E-state index is 14.1. The van der Waals surface area contributed by atoms with Gasteiger partial charge in [0, 0.05) is 16.6 Å². The molecule has 0 amide bonds. The third-order valence-corrected chi connectivity index (χ3v) is 4.21. The minimum absolute atomic E-state index is 0.249. The zero-order valence-electron chi connectivity index (χ0n) is 11.0. The van der Waals surface area contributed by atoms with E-state index in [9.17, 15) is 4.39 Å². The summed E-state index contributed by atoms with van der Waals surface area (Å²) in [6.07, 6.45) is 0. The Hall–Kier alpha value is -1.47. The van der Waals surface area contributed by atoms with Crippen molar-refractivity contribution in [1.29, 1.82) is 0 Å². The molecule has 1 N–H and O–H groups in total. The lowest BCUT2D eigenvalue weighted by Crippen LogP contribution is -2.20. The minimum Gasteiger partial charge on any atom is -0.375 e. The highest BCUT2D eigenvalue weighted by molar-refractivity contribution is 9.10. The molecule has 20 heavy (non-hydrogen) atoms. The molecular formula is C13H14BrFN4O. The molecule has 3 rings (SSSR count). The third kappa shape index (κ3) is 2.43. The van der Waals surface area contributed by atoms with Crippen LogP contribution in [0, 0.1) is 12.7 Å². The van der Waals surface area contributed by atoms with Crippen LogP contribution in [0.5, 0.6) is 0 Å². The number of benzene rings is 1. The summed E-state index contributed by atoms with van der Waals surface area (Å²) in [7, 11) is 0. The number of anilines is 1. The molecule has 0 unspecified atom stereocenters. The van der Waals surface area contributed by atoms with E-state index in [-0.39, 0.29) is 5.82 Å². The van der Waals surface area contributed by atoms with Crippen LogP contribution in [0.4, 0.5) is 10.1 Å². The second kappa shape index (κ2) is 5.49. The van der Waals surface area contributed by atoms with E-state index in [1.807, 2.05) is 10.6 Å². The van der Waals surface area contributed by atoms with E-state index in [0.717, 1.165) is 22.7 Å². The van der Waals surface area contributed by atoms with E-state index >= 15 is 0 Å². The zero-order valence-corrected chi connectivity index (χ0v) is 12.6. The van der Waals surface area contributed by atoms with Gasteiger partial charge in [-0.3, -0.25) is 0 Å². The summed E-state index contributed by atoms with van der Waals surface area (Å²) in [5.41, 5.74) is 1.06. The fourth-order valence-electron chi connectivity index (χ4n) is 2.16. The Bertz CT molecular complexity index is 644. The van der Waals surface area contributed by atoms with Crippen molar-refractivity contribution in [2.24, 2.45) is 0 Å². The SMILES string of the molecule is Cc1c(Br)ccc(NCc2nnc3n2CCOC3)c1F. The van der Waals surface area contributed by atoms with E-state index in [1.54, 1.807) is 13.0 Å². The van der Waals surface area contributed by atoms with Crippen LogP contribution in [0.3, 0.4) is 0 Å². The summed E-state index contributed by atoms with van der Waals surface area (Å²) in [6, 6.07) is 3.54. The maximum Gasteiger partial charge on any atom is 0.159 e. The first-order valence-electron chi connectivity index (χ1n) is 6.34. The standard InChI is InChI=1S/C13H14BrFN4O/c1-8-9(14)2-3-10(13(8)15)16-6-11-17-18-12-7-20-5-4-19(11)12/h2-3,16H,4-7H2,1H3. The van der Waals surface area contributed by atoms with E-state index in [1.165, 1.54) is 0 Å². The molecule has 2 heterocycles. The predicted octanol–water partition coefficient (Wildman–Crippen LogP) is 2.63. The molecule has 1 aliphatic rings. The van der Waals surface area contributed by atoms with Crippen LogP contribution in [0.1, 0.15) is 17.2 Å². The molecule has 1 aromatic heterocycles. The Morgan fingerprint density at radius 3 is 3.15 bits per heavy atom. The molecule has 0 atom stereocenters. The number of halogens is 2. The molecule has 5 nitrogen and oxygen atoms in total. The fraction of sp³-hybridized carbons (Fsp3) is 0.385. The van der Waals surface area contributed by atoms with Gasteiger partial charge in [0.15, 0.2) is 11.6 Å². The van der Waals surface area contributed by atoms with Crippen molar-refractivity contribution in [3.8, 4) is 0 Å². The van der Waals surface area contributed by atoms with Gasteiger partial charge in [-0.15, -0.1) is 10.2 Å². The van der Waals surface area contributed by atoms with Gasteiger partial charge in [0.1, 0.15) is 12.4 Å². The summed E-state index contributed by atoms with van der Waals surface area (Å²) in [5.74, 6) is 1.37. The fourth-order valence-corrected chi connectivity index (χ4v) is 2.47. The first kappa shape index (κ1) is 13.5. The number of hydrogen-bond acceptors (Lipinski definition) is 4. The van der Waals surface area contributed by atoms with Crippen LogP contribution in [-0.2, 0) is 24.4 Å². The summed E-state index contributed by atoms with van der Waals surface area (Å²) in [5, 5.41) is 11.3. The highest BCUT2D eigenvalue weighted by atomic mass is 79.9. The molecular weight excluding hydrogens is 327 g/mol. The molecule has 0 radical (unpaired) electrons. The monoisotopic (exact) mass is 340 g/mol. The molecule has 106 valence electrons. The Morgan fingerprint density at radius 2 is 2.30 bits per heavy atom. The topological polar surface area (TPSA) is 52.0 Å². The Kier molecular flexibility index (Phi) is 3.71. The minimum atomic E-state index is -0.249. The molecule has 0 saturated heterocycles. The molecule has 1 aromatic carbocycles. The molecule has 7 heteroatoms. The van der Waals surface area contributed by atoms with Crippen LogP contribution in [0.25, 0.3) is 0 Å². The first-order chi connectivity index (χ1) is 9.66. The van der Waals surface area contributed by atoms with Crippen molar-refractivity contribution >= 4 is 21.6 Å². The van der Waals surface area contributed by atoms with Crippen molar-refractivity contribution in [1.82, 2.24) is 14.8 Å². The lowest BCUT2D eigenvalue weighted by Gasteiger charge is -2.16. The Morgan fingerprint density at radius 1 is 1.45 bits per heavy atom. The van der Waals surface area contributed by atoms with Gasteiger partial charge in [-0.05, 0) is 19.1 Å². The summed E-state index contributed by atoms with van der Waals surface area (Å²) < 4.78 is 22.2. The van der Waals surface area contributed by atoms with E-state index in [0.29, 0.717) is 31.0 Å². The van der Waals surface area contributed by atoms with Gasteiger partial charge in [-0.25, -0.2) is 4.39 Å². The van der Waals surface area contributed by atoms with Gasteiger partial charge in [0.25, 0.3) is 0 Å². The molecule has 2 aromatic rings. The number of ether oxygens (including phenoxy) is 1. The van der Waals surface area contributed by atoms with Crippen LogP contribution in [0.15, 0.2) is 16.6 Å². The summed E-state index contributed by atoms with van der Waals surface area (Å²) in [4.78, 5) is 0. The second-order valence-electron chi connectivity index (χ2n) is 4.62. The Labute approximate surface area is 124 Å². The molecule has 0 spiro atoms. The molecule has 1 aliphatic heterocycles. The van der Waals surface area contributed by atoms with Gasteiger partial charge in [0.05, 0.1) is 18.8 Å². The van der Waals surface area contributed by atoms with Crippen molar-refractivity contribution in [3.05, 3.63) is 39.6 Å². The highest BCUT2D eigenvalue weighted by Crippen LogP contribution is 2.25. The van der Waals surface area contributed by atoms with Crippen LogP contribution < -0.4 is 5.32 Å². The second-order valence-corrected chi connectivity index (χ2v) is 5.48. The molecule has 0 aliphatic carbocycles. The molecule has 0 fully saturated rings. The van der Waals surface area contributed by atoms with Crippen LogP contribution >= 0.6 is 15.9 Å². The third-order valence-electron chi connectivity index (χ3n) is 3.35. The predicted molar refractivity (Wildman–Crippen MR) is 75.8 cm³/mol. The number of nitrogens with one attached hydrogen (secondary N) is 1. The number of fused-ring (bicyclic) bond motifs is 1. The zero-order chi connectivity index (χ0) is 14.1. The van der Waals surface area contributed by atoms with Crippen molar-refractivity contribution < 1.29 is 9.13 Å². The van der Waals surface area contributed by atoms with Gasteiger partial charge < -0.3 is 14.6 Å². The van der Waals surface area contributed by atoms with E-state index < -0.39 is 0 Å². The molecule has 0 bridgehead atoms. The Balaban J connectivity index is 1.77. The smallest absolute Gasteiger partial charge is 0.159 e. The normalized spacial score (nSPS) is 14.2. The van der Waals surface area contributed by atoms with Crippen LogP contribution in [-0.4, -0.2) is 21.4 Å². The van der Waals surface area contributed by atoms with E-state index in [2.05, 4.69) is 31.4 Å². The first-order valence-corrected chi connectivity index (χ1v) is 7.13. The van der Waals surface area contributed by atoms with Gasteiger partial charge in [-0.1, -0.05) is 15.9 Å². The number of hydrogen-bond donors (Lipinski definition) is 1. The van der Waals surface area contributed by atoms with Gasteiger partial charge >= 0.3 is 0 Å².